The number of aliphatic hydroxyl groups is 1. The van der Waals surface area contributed by atoms with Gasteiger partial charge in [-0.2, -0.15) is 0 Å². The third-order valence-electron chi connectivity index (χ3n) is 3.73. The molecule has 0 amide bonds. The molecule has 0 aliphatic carbocycles. The van der Waals surface area contributed by atoms with Gasteiger partial charge in [0.2, 0.25) is 0 Å². The molecule has 0 radical (unpaired) electrons. The van der Waals surface area contributed by atoms with Crippen LogP contribution >= 0.6 is 0 Å². The number of aliphatic hydroxyl groups excluding tert-OH is 1. The maximum absolute atomic E-state index is 10.5. The zero-order valence-electron chi connectivity index (χ0n) is 10.8. The van der Waals surface area contributed by atoms with E-state index in [-0.39, 0.29) is 5.54 Å². The van der Waals surface area contributed by atoms with E-state index in [0.29, 0.717) is 0 Å². The minimum atomic E-state index is -0.555. The van der Waals surface area contributed by atoms with E-state index in [9.17, 15) is 5.11 Å². The van der Waals surface area contributed by atoms with E-state index in [2.05, 4.69) is 18.7 Å². The molecular weight excluding hydrogens is 218 g/mol. The van der Waals surface area contributed by atoms with Crippen LogP contribution in [-0.2, 0) is 9.47 Å². The third kappa shape index (κ3) is 2.81. The first-order chi connectivity index (χ1) is 8.12. The molecule has 4 nitrogen and oxygen atoms in total. The molecule has 4 heteroatoms. The molecule has 1 N–H and O–H groups in total. The van der Waals surface area contributed by atoms with Crippen LogP contribution in [0.25, 0.3) is 0 Å². The Morgan fingerprint density at radius 1 is 1.29 bits per heavy atom. The number of hydrogen-bond acceptors (Lipinski definition) is 4. The van der Waals surface area contributed by atoms with Crippen LogP contribution in [0.15, 0.2) is 11.8 Å². The van der Waals surface area contributed by atoms with Gasteiger partial charge in [-0.15, -0.1) is 0 Å². The summed E-state index contributed by atoms with van der Waals surface area (Å²) in [6.45, 7) is 8.10. The van der Waals surface area contributed by atoms with Gasteiger partial charge >= 0.3 is 0 Å². The number of nitrogens with zero attached hydrogens (tertiary/aromatic N) is 1. The number of rotatable bonds is 3. The highest BCUT2D eigenvalue weighted by molar-refractivity contribution is 5.10. The minimum absolute atomic E-state index is 0.299. The Morgan fingerprint density at radius 3 is 2.59 bits per heavy atom. The second-order valence-electron chi connectivity index (χ2n) is 5.25. The summed E-state index contributed by atoms with van der Waals surface area (Å²) in [5, 5.41) is 10.5. The highest BCUT2D eigenvalue weighted by Crippen LogP contribution is 2.27. The van der Waals surface area contributed by atoms with Crippen molar-refractivity contribution in [1.82, 2.24) is 4.90 Å². The molecule has 1 atom stereocenters. The van der Waals surface area contributed by atoms with Gasteiger partial charge in [-0.05, 0) is 32.8 Å². The summed E-state index contributed by atoms with van der Waals surface area (Å²) in [6, 6.07) is 0. The third-order valence-corrected chi connectivity index (χ3v) is 3.73. The quantitative estimate of drug-likeness (QED) is 0.805. The van der Waals surface area contributed by atoms with Gasteiger partial charge in [0.1, 0.15) is 11.9 Å². The molecule has 98 valence electrons. The van der Waals surface area contributed by atoms with Crippen molar-refractivity contribution in [3.05, 3.63) is 11.8 Å². The SMILES string of the molecule is CC(C)(C(O)C1=CCCCO1)N1CCOCC1. The molecule has 2 heterocycles. The minimum Gasteiger partial charge on any atom is -0.495 e. The average molecular weight is 241 g/mol. The summed E-state index contributed by atoms with van der Waals surface area (Å²) >= 11 is 0. The highest BCUT2D eigenvalue weighted by atomic mass is 16.5. The zero-order chi connectivity index (χ0) is 12.3. The van der Waals surface area contributed by atoms with Gasteiger partial charge < -0.3 is 14.6 Å². The molecule has 0 saturated carbocycles. The van der Waals surface area contributed by atoms with Gasteiger partial charge in [0.15, 0.2) is 0 Å². The molecule has 0 aromatic carbocycles. The Morgan fingerprint density at radius 2 is 2.00 bits per heavy atom. The molecule has 0 spiro atoms. The normalized spacial score (nSPS) is 25.0. The van der Waals surface area contributed by atoms with Crippen LogP contribution in [0.5, 0.6) is 0 Å². The first-order valence-electron chi connectivity index (χ1n) is 6.46. The molecule has 0 aromatic rings. The Bertz CT molecular complexity index is 282. The van der Waals surface area contributed by atoms with Crippen LogP contribution in [-0.4, -0.2) is 54.6 Å². The van der Waals surface area contributed by atoms with Gasteiger partial charge in [-0.25, -0.2) is 0 Å². The van der Waals surface area contributed by atoms with Crippen molar-refractivity contribution in [3.63, 3.8) is 0 Å². The lowest BCUT2D eigenvalue weighted by molar-refractivity contribution is -0.0666. The number of morpholine rings is 1. The summed E-state index contributed by atoms with van der Waals surface area (Å²) in [4.78, 5) is 2.28. The van der Waals surface area contributed by atoms with Crippen LogP contribution in [0, 0.1) is 0 Å². The topological polar surface area (TPSA) is 41.9 Å². The Labute approximate surface area is 103 Å². The van der Waals surface area contributed by atoms with Crippen LogP contribution in [0.2, 0.25) is 0 Å². The molecular formula is C13H23NO3. The second-order valence-corrected chi connectivity index (χ2v) is 5.25. The van der Waals surface area contributed by atoms with Crippen molar-refractivity contribution in [2.24, 2.45) is 0 Å². The van der Waals surface area contributed by atoms with E-state index in [1.165, 1.54) is 0 Å². The van der Waals surface area contributed by atoms with Crippen molar-refractivity contribution in [1.29, 1.82) is 0 Å². The van der Waals surface area contributed by atoms with Crippen molar-refractivity contribution < 1.29 is 14.6 Å². The molecule has 2 aliphatic rings. The summed E-state index contributed by atoms with van der Waals surface area (Å²) in [5.41, 5.74) is -0.299. The number of hydrogen-bond donors (Lipinski definition) is 1. The van der Waals surface area contributed by atoms with E-state index >= 15 is 0 Å². The predicted octanol–water partition coefficient (Wildman–Crippen LogP) is 1.15. The first kappa shape index (κ1) is 12.9. The Kier molecular flexibility index (Phi) is 4.07. The lowest BCUT2D eigenvalue weighted by Gasteiger charge is -2.44. The van der Waals surface area contributed by atoms with Crippen LogP contribution in [0.4, 0.5) is 0 Å². The van der Waals surface area contributed by atoms with Crippen LogP contribution < -0.4 is 0 Å². The Balaban J connectivity index is 2.04. The van der Waals surface area contributed by atoms with E-state index in [0.717, 1.165) is 51.5 Å². The lowest BCUT2D eigenvalue weighted by atomic mass is 9.92. The van der Waals surface area contributed by atoms with Crippen LogP contribution in [0.3, 0.4) is 0 Å². The maximum Gasteiger partial charge on any atom is 0.128 e. The molecule has 0 aromatic heterocycles. The maximum atomic E-state index is 10.5. The fourth-order valence-electron chi connectivity index (χ4n) is 2.43. The predicted molar refractivity (Wildman–Crippen MR) is 65.7 cm³/mol. The van der Waals surface area contributed by atoms with Gasteiger partial charge in [0, 0.05) is 18.6 Å². The lowest BCUT2D eigenvalue weighted by Crippen LogP contribution is -2.57. The number of ether oxygens (including phenoxy) is 2. The molecule has 17 heavy (non-hydrogen) atoms. The smallest absolute Gasteiger partial charge is 0.128 e. The Hall–Kier alpha value is -0.580. The standard InChI is InChI=1S/C13H23NO3/c1-13(2,14-6-9-16-10-7-14)12(15)11-5-3-4-8-17-11/h5,12,15H,3-4,6-10H2,1-2H3. The second kappa shape index (κ2) is 5.38. The molecule has 0 bridgehead atoms. The van der Waals surface area contributed by atoms with Gasteiger partial charge in [0.05, 0.1) is 19.8 Å². The van der Waals surface area contributed by atoms with Gasteiger partial charge in [0.25, 0.3) is 0 Å². The van der Waals surface area contributed by atoms with E-state index < -0.39 is 6.10 Å². The largest absolute Gasteiger partial charge is 0.495 e. The molecule has 1 unspecified atom stereocenters. The fraction of sp³-hybridized carbons (Fsp3) is 0.846. The summed E-state index contributed by atoms with van der Waals surface area (Å²) in [6.07, 6.45) is 3.52. The van der Waals surface area contributed by atoms with Gasteiger partial charge in [-0.1, -0.05) is 0 Å². The molecule has 2 rings (SSSR count). The molecule has 1 fully saturated rings. The van der Waals surface area contributed by atoms with Crippen molar-refractivity contribution in [2.75, 3.05) is 32.9 Å². The number of allylic oxidation sites excluding steroid dienone is 1. The monoisotopic (exact) mass is 241 g/mol. The summed E-state index contributed by atoms with van der Waals surface area (Å²) in [7, 11) is 0. The molecule has 2 aliphatic heterocycles. The van der Waals surface area contributed by atoms with Crippen molar-refractivity contribution in [3.8, 4) is 0 Å². The highest BCUT2D eigenvalue weighted by Gasteiger charge is 2.38. The van der Waals surface area contributed by atoms with E-state index in [1.807, 2.05) is 6.08 Å². The van der Waals surface area contributed by atoms with Crippen molar-refractivity contribution >= 4 is 0 Å². The summed E-state index contributed by atoms with van der Waals surface area (Å²) < 4.78 is 10.9. The molecule has 1 saturated heterocycles. The van der Waals surface area contributed by atoms with E-state index in [4.69, 9.17) is 9.47 Å². The zero-order valence-corrected chi connectivity index (χ0v) is 10.8. The van der Waals surface area contributed by atoms with Gasteiger partial charge in [-0.3, -0.25) is 4.90 Å². The van der Waals surface area contributed by atoms with Crippen LogP contribution in [0.1, 0.15) is 26.7 Å². The fourth-order valence-corrected chi connectivity index (χ4v) is 2.43. The van der Waals surface area contributed by atoms with E-state index in [1.54, 1.807) is 0 Å². The summed E-state index contributed by atoms with van der Waals surface area (Å²) in [5.74, 6) is 0.743. The first-order valence-corrected chi connectivity index (χ1v) is 6.46. The average Bonchev–Trinajstić information content (AvgIpc) is 2.40. The van der Waals surface area contributed by atoms with Crippen molar-refractivity contribution in [2.45, 2.75) is 38.3 Å².